The van der Waals surface area contributed by atoms with Gasteiger partial charge < -0.3 is 5.32 Å². The van der Waals surface area contributed by atoms with E-state index in [0.29, 0.717) is 6.42 Å². The summed E-state index contributed by atoms with van der Waals surface area (Å²) in [5, 5.41) is 6.19. The molecule has 0 aliphatic rings. The zero-order chi connectivity index (χ0) is 17.0. The molecule has 0 fully saturated rings. The summed E-state index contributed by atoms with van der Waals surface area (Å²) in [6.45, 7) is 3.65. The Kier molecular flexibility index (Phi) is 5.08. The Balaban J connectivity index is 2.00. The van der Waals surface area contributed by atoms with Gasteiger partial charge in [-0.1, -0.05) is 36.8 Å². The maximum Gasteiger partial charge on any atom is 0.435 e. The lowest BCUT2D eigenvalue weighted by molar-refractivity contribution is -0.141. The van der Waals surface area contributed by atoms with Crippen LogP contribution in [0.15, 0.2) is 36.5 Å². The third-order valence-electron chi connectivity index (χ3n) is 3.46. The molecule has 2 rings (SSSR count). The first kappa shape index (κ1) is 17.1. The molecule has 0 aliphatic carbocycles. The van der Waals surface area contributed by atoms with E-state index in [-0.39, 0.29) is 18.5 Å². The quantitative estimate of drug-likeness (QED) is 0.915. The molecule has 0 spiro atoms. The largest absolute Gasteiger partial charge is 0.435 e. The van der Waals surface area contributed by atoms with Crippen LogP contribution < -0.4 is 5.32 Å². The fourth-order valence-electron chi connectivity index (χ4n) is 2.21. The number of hydrogen-bond acceptors (Lipinski definition) is 2. The average molecular weight is 325 g/mol. The minimum Gasteiger partial charge on any atom is -0.348 e. The summed E-state index contributed by atoms with van der Waals surface area (Å²) >= 11 is 0. The van der Waals surface area contributed by atoms with Crippen LogP contribution in [0.1, 0.15) is 36.2 Å². The van der Waals surface area contributed by atoms with Crippen LogP contribution in [0.4, 0.5) is 13.2 Å². The average Bonchev–Trinajstić information content (AvgIpc) is 2.94. The number of halogens is 3. The molecule has 1 N–H and O–H groups in total. The normalized spacial score (nSPS) is 12.9. The van der Waals surface area contributed by atoms with Crippen LogP contribution in [0, 0.1) is 6.92 Å². The highest BCUT2D eigenvalue weighted by Gasteiger charge is 2.33. The predicted octanol–water partition coefficient (Wildman–Crippen LogP) is 3.48. The van der Waals surface area contributed by atoms with Crippen molar-refractivity contribution in [3.05, 3.63) is 53.3 Å². The molecule has 1 atom stereocenters. The summed E-state index contributed by atoms with van der Waals surface area (Å²) in [5.74, 6) is -0.380. The van der Waals surface area contributed by atoms with Gasteiger partial charge in [0.2, 0.25) is 5.91 Å². The van der Waals surface area contributed by atoms with E-state index in [9.17, 15) is 18.0 Å². The van der Waals surface area contributed by atoms with Crippen LogP contribution in [-0.2, 0) is 17.5 Å². The van der Waals surface area contributed by atoms with Crippen molar-refractivity contribution >= 4 is 5.91 Å². The van der Waals surface area contributed by atoms with Crippen molar-refractivity contribution in [1.29, 1.82) is 0 Å². The van der Waals surface area contributed by atoms with Gasteiger partial charge in [-0.05, 0) is 25.0 Å². The molecule has 0 bridgehead atoms. The number of amides is 1. The number of alkyl halides is 3. The van der Waals surface area contributed by atoms with Crippen molar-refractivity contribution in [3.8, 4) is 0 Å². The standard InChI is InChI=1S/C16H18F3N3O/c1-3-13(12-6-4-11(2)5-7-12)20-15(23)10-22-9-8-14(21-22)16(17,18)19/h4-9,13H,3,10H2,1-2H3,(H,20,23). The van der Waals surface area contributed by atoms with Gasteiger partial charge in [-0.25, -0.2) is 0 Å². The lowest BCUT2D eigenvalue weighted by Crippen LogP contribution is -2.31. The van der Waals surface area contributed by atoms with E-state index in [1.165, 1.54) is 0 Å². The van der Waals surface area contributed by atoms with Gasteiger partial charge in [0.1, 0.15) is 6.54 Å². The summed E-state index contributed by atoms with van der Waals surface area (Å²) in [6.07, 6.45) is -2.67. The zero-order valence-electron chi connectivity index (χ0n) is 12.9. The van der Waals surface area contributed by atoms with E-state index < -0.39 is 11.9 Å². The number of rotatable bonds is 5. The summed E-state index contributed by atoms with van der Waals surface area (Å²) in [5.41, 5.74) is 1.07. The highest BCUT2D eigenvalue weighted by atomic mass is 19.4. The number of benzene rings is 1. The molecule has 0 aliphatic heterocycles. The van der Waals surface area contributed by atoms with Crippen molar-refractivity contribution in [2.75, 3.05) is 0 Å². The van der Waals surface area contributed by atoms with Crippen molar-refractivity contribution in [1.82, 2.24) is 15.1 Å². The highest BCUT2D eigenvalue weighted by molar-refractivity contribution is 5.76. The Morgan fingerprint density at radius 3 is 2.43 bits per heavy atom. The molecule has 0 saturated heterocycles. The Hall–Kier alpha value is -2.31. The molecular formula is C16H18F3N3O. The van der Waals surface area contributed by atoms with Gasteiger partial charge in [-0.2, -0.15) is 18.3 Å². The van der Waals surface area contributed by atoms with Gasteiger partial charge in [0.25, 0.3) is 0 Å². The smallest absolute Gasteiger partial charge is 0.348 e. The minimum absolute atomic E-state index is 0.180. The summed E-state index contributed by atoms with van der Waals surface area (Å²) in [4.78, 5) is 12.0. The van der Waals surface area contributed by atoms with Gasteiger partial charge in [-0.3, -0.25) is 9.48 Å². The van der Waals surface area contributed by atoms with Gasteiger partial charge >= 0.3 is 6.18 Å². The van der Waals surface area contributed by atoms with E-state index in [0.717, 1.165) is 28.1 Å². The number of nitrogens with zero attached hydrogens (tertiary/aromatic N) is 2. The second kappa shape index (κ2) is 6.85. The van der Waals surface area contributed by atoms with Crippen molar-refractivity contribution in [2.45, 2.75) is 39.0 Å². The van der Waals surface area contributed by atoms with Crippen molar-refractivity contribution < 1.29 is 18.0 Å². The number of aryl methyl sites for hydroxylation is 1. The molecule has 0 saturated carbocycles. The first-order chi connectivity index (χ1) is 10.8. The van der Waals surface area contributed by atoms with E-state index in [4.69, 9.17) is 0 Å². The SMILES string of the molecule is CCC(NC(=O)Cn1ccc(C(F)(F)F)n1)c1ccc(C)cc1. The third-order valence-corrected chi connectivity index (χ3v) is 3.46. The number of aromatic nitrogens is 2. The Labute approximate surface area is 132 Å². The van der Waals surface area contributed by atoms with Crippen LogP contribution in [0.3, 0.4) is 0 Å². The molecule has 23 heavy (non-hydrogen) atoms. The second-order valence-corrected chi connectivity index (χ2v) is 5.34. The minimum atomic E-state index is -4.50. The van der Waals surface area contributed by atoms with Gasteiger partial charge in [0.05, 0.1) is 6.04 Å². The van der Waals surface area contributed by atoms with Crippen molar-refractivity contribution in [3.63, 3.8) is 0 Å². The topological polar surface area (TPSA) is 46.9 Å². The third kappa shape index (κ3) is 4.58. The lowest BCUT2D eigenvalue weighted by atomic mass is 10.0. The van der Waals surface area contributed by atoms with Gasteiger partial charge in [0, 0.05) is 6.20 Å². The fourth-order valence-corrected chi connectivity index (χ4v) is 2.21. The van der Waals surface area contributed by atoms with E-state index in [1.54, 1.807) is 0 Å². The molecule has 1 unspecified atom stereocenters. The Morgan fingerprint density at radius 2 is 1.91 bits per heavy atom. The van der Waals surface area contributed by atoms with Crippen molar-refractivity contribution in [2.24, 2.45) is 0 Å². The van der Waals surface area contributed by atoms with Crippen LogP contribution in [0.2, 0.25) is 0 Å². The number of hydrogen-bond donors (Lipinski definition) is 1. The number of nitrogens with one attached hydrogen (secondary N) is 1. The molecular weight excluding hydrogens is 307 g/mol. The maximum atomic E-state index is 12.5. The lowest BCUT2D eigenvalue weighted by Gasteiger charge is -2.17. The number of carbonyl (C=O) groups excluding carboxylic acids is 1. The molecule has 1 aromatic heterocycles. The molecule has 1 amide bonds. The van der Waals surface area contributed by atoms with E-state index in [2.05, 4.69) is 10.4 Å². The van der Waals surface area contributed by atoms with E-state index >= 15 is 0 Å². The Morgan fingerprint density at radius 1 is 1.26 bits per heavy atom. The Bertz CT molecular complexity index is 662. The monoisotopic (exact) mass is 325 g/mol. The molecule has 124 valence electrons. The summed E-state index contributed by atoms with van der Waals surface area (Å²) in [6, 6.07) is 8.44. The first-order valence-corrected chi connectivity index (χ1v) is 7.26. The van der Waals surface area contributed by atoms with Crippen LogP contribution >= 0.6 is 0 Å². The predicted molar refractivity (Wildman–Crippen MR) is 79.6 cm³/mol. The number of carbonyl (C=O) groups is 1. The van der Waals surface area contributed by atoms with Crippen LogP contribution in [-0.4, -0.2) is 15.7 Å². The van der Waals surface area contributed by atoms with Crippen LogP contribution in [0.5, 0.6) is 0 Å². The first-order valence-electron chi connectivity index (χ1n) is 7.26. The van der Waals surface area contributed by atoms with E-state index in [1.807, 2.05) is 38.1 Å². The van der Waals surface area contributed by atoms with Gasteiger partial charge in [0.15, 0.2) is 5.69 Å². The van der Waals surface area contributed by atoms with Gasteiger partial charge in [-0.15, -0.1) is 0 Å². The molecule has 4 nitrogen and oxygen atoms in total. The second-order valence-electron chi connectivity index (χ2n) is 5.34. The zero-order valence-corrected chi connectivity index (χ0v) is 12.9. The summed E-state index contributed by atoms with van der Waals surface area (Å²) in [7, 11) is 0. The maximum absolute atomic E-state index is 12.5. The molecule has 1 heterocycles. The fraction of sp³-hybridized carbons (Fsp3) is 0.375. The molecule has 2 aromatic rings. The summed E-state index contributed by atoms with van der Waals surface area (Å²) < 4.78 is 38.4. The molecule has 7 heteroatoms. The highest BCUT2D eigenvalue weighted by Crippen LogP contribution is 2.27. The molecule has 0 radical (unpaired) electrons. The molecule has 1 aromatic carbocycles. The van der Waals surface area contributed by atoms with Crippen LogP contribution in [0.25, 0.3) is 0 Å².